The van der Waals surface area contributed by atoms with E-state index in [2.05, 4.69) is 4.98 Å². The highest BCUT2D eigenvalue weighted by molar-refractivity contribution is 7.10. The van der Waals surface area contributed by atoms with Crippen molar-refractivity contribution in [2.45, 2.75) is 25.2 Å². The predicted octanol–water partition coefficient (Wildman–Crippen LogP) is 1.74. The van der Waals surface area contributed by atoms with Crippen LogP contribution in [0.3, 0.4) is 0 Å². The van der Waals surface area contributed by atoms with Gasteiger partial charge >= 0.3 is 5.97 Å². The monoisotopic (exact) mass is 197 g/mol. The summed E-state index contributed by atoms with van der Waals surface area (Å²) >= 11 is 1.57. The Balaban J connectivity index is 2.30. The number of carbonyl (C=O) groups is 1. The van der Waals surface area contributed by atoms with Gasteiger partial charge in [-0.05, 0) is 19.3 Å². The fraction of sp³-hybridized carbons (Fsp3) is 0.556. The smallest absolute Gasteiger partial charge is 0.314 e. The molecule has 70 valence electrons. The first-order valence-electron chi connectivity index (χ1n) is 4.33. The summed E-state index contributed by atoms with van der Waals surface area (Å²) in [4.78, 5) is 16.7. The summed E-state index contributed by atoms with van der Waals surface area (Å²) in [6.07, 6.45) is 2.95. The average Bonchev–Trinajstić information content (AvgIpc) is 2.63. The Morgan fingerprint density at radius 2 is 2.62 bits per heavy atom. The molecule has 2 rings (SSSR count). The van der Waals surface area contributed by atoms with Crippen molar-refractivity contribution in [2.75, 3.05) is 7.11 Å². The first-order chi connectivity index (χ1) is 6.33. The topological polar surface area (TPSA) is 39.2 Å². The van der Waals surface area contributed by atoms with Gasteiger partial charge in [0.1, 0.15) is 0 Å². The van der Waals surface area contributed by atoms with E-state index in [1.54, 1.807) is 11.3 Å². The zero-order valence-corrected chi connectivity index (χ0v) is 8.26. The van der Waals surface area contributed by atoms with Crippen molar-refractivity contribution in [3.63, 3.8) is 0 Å². The minimum absolute atomic E-state index is 0.0544. The molecule has 0 N–H and O–H groups in total. The quantitative estimate of drug-likeness (QED) is 0.644. The molecule has 0 spiro atoms. The van der Waals surface area contributed by atoms with E-state index in [1.807, 2.05) is 5.51 Å². The van der Waals surface area contributed by atoms with Crippen molar-refractivity contribution in [1.29, 1.82) is 0 Å². The van der Waals surface area contributed by atoms with Crippen LogP contribution in [-0.4, -0.2) is 18.1 Å². The van der Waals surface area contributed by atoms with Crippen LogP contribution in [0.25, 0.3) is 0 Å². The number of thiazole rings is 1. The van der Waals surface area contributed by atoms with Gasteiger partial charge in [-0.25, -0.2) is 4.98 Å². The summed E-state index contributed by atoms with van der Waals surface area (Å²) in [6.45, 7) is 0. The maximum absolute atomic E-state index is 11.4. The molecule has 0 amide bonds. The number of ether oxygens (including phenoxy) is 1. The van der Waals surface area contributed by atoms with Crippen molar-refractivity contribution in [3.05, 3.63) is 16.1 Å². The number of fused-ring (bicyclic) bond motifs is 1. The number of hydrogen-bond acceptors (Lipinski definition) is 4. The van der Waals surface area contributed by atoms with E-state index in [0.717, 1.165) is 29.8 Å². The van der Waals surface area contributed by atoms with Crippen LogP contribution < -0.4 is 0 Å². The summed E-state index contributed by atoms with van der Waals surface area (Å²) in [6, 6.07) is 0. The zero-order chi connectivity index (χ0) is 9.26. The van der Waals surface area contributed by atoms with E-state index >= 15 is 0 Å². The number of aromatic nitrogens is 1. The highest BCUT2D eigenvalue weighted by atomic mass is 32.1. The standard InChI is InChI=1S/C9H11NO2S/c1-12-9(11)6-3-2-4-7-8(6)13-5-10-7/h5-6H,2-4H2,1H3/t6-/m1/s1. The molecule has 0 saturated carbocycles. The van der Waals surface area contributed by atoms with Crippen molar-refractivity contribution in [2.24, 2.45) is 0 Å². The minimum Gasteiger partial charge on any atom is -0.469 e. The lowest BCUT2D eigenvalue weighted by atomic mass is 9.92. The summed E-state index contributed by atoms with van der Waals surface area (Å²) in [5, 5.41) is 0. The van der Waals surface area contributed by atoms with Crippen LogP contribution in [0, 0.1) is 0 Å². The first kappa shape index (κ1) is 8.69. The van der Waals surface area contributed by atoms with Crippen LogP contribution in [0.4, 0.5) is 0 Å². The van der Waals surface area contributed by atoms with E-state index in [1.165, 1.54) is 7.11 Å². The summed E-state index contributed by atoms with van der Waals surface area (Å²) < 4.78 is 4.76. The lowest BCUT2D eigenvalue weighted by Gasteiger charge is -2.18. The third kappa shape index (κ3) is 1.46. The molecular formula is C9H11NO2S. The van der Waals surface area contributed by atoms with Gasteiger partial charge in [-0.1, -0.05) is 0 Å². The second-order valence-corrected chi connectivity index (χ2v) is 4.02. The van der Waals surface area contributed by atoms with Gasteiger partial charge in [-0.3, -0.25) is 4.79 Å². The molecule has 1 aromatic heterocycles. The lowest BCUT2D eigenvalue weighted by molar-refractivity contribution is -0.142. The van der Waals surface area contributed by atoms with Gasteiger partial charge in [0, 0.05) is 4.88 Å². The predicted molar refractivity (Wildman–Crippen MR) is 49.8 cm³/mol. The molecule has 1 aliphatic rings. The van der Waals surface area contributed by atoms with E-state index in [4.69, 9.17) is 4.74 Å². The third-order valence-corrected chi connectivity index (χ3v) is 3.37. The Morgan fingerprint density at radius 1 is 1.77 bits per heavy atom. The fourth-order valence-corrected chi connectivity index (χ4v) is 2.68. The Kier molecular flexibility index (Phi) is 2.31. The molecule has 1 aromatic rings. The number of hydrogen-bond donors (Lipinski definition) is 0. The summed E-state index contributed by atoms with van der Waals surface area (Å²) in [7, 11) is 1.44. The lowest BCUT2D eigenvalue weighted by Crippen LogP contribution is -2.18. The molecule has 0 unspecified atom stereocenters. The van der Waals surface area contributed by atoms with Crippen LogP contribution in [0.5, 0.6) is 0 Å². The molecule has 4 heteroatoms. The second kappa shape index (κ2) is 3.46. The van der Waals surface area contributed by atoms with Gasteiger partial charge in [0.05, 0.1) is 24.2 Å². The van der Waals surface area contributed by atoms with Gasteiger partial charge < -0.3 is 4.74 Å². The fourth-order valence-electron chi connectivity index (χ4n) is 1.72. The van der Waals surface area contributed by atoms with Crippen LogP contribution in [-0.2, 0) is 16.0 Å². The Hall–Kier alpha value is -0.900. The Morgan fingerprint density at radius 3 is 3.38 bits per heavy atom. The molecular weight excluding hydrogens is 186 g/mol. The molecule has 3 nitrogen and oxygen atoms in total. The highest BCUT2D eigenvalue weighted by Crippen LogP contribution is 2.34. The molecule has 0 radical (unpaired) electrons. The van der Waals surface area contributed by atoms with Crippen molar-refractivity contribution in [3.8, 4) is 0 Å². The van der Waals surface area contributed by atoms with Gasteiger partial charge in [0.25, 0.3) is 0 Å². The van der Waals surface area contributed by atoms with Crippen LogP contribution in [0.2, 0.25) is 0 Å². The van der Waals surface area contributed by atoms with Gasteiger partial charge in [-0.2, -0.15) is 0 Å². The maximum Gasteiger partial charge on any atom is 0.314 e. The number of rotatable bonds is 1. The largest absolute Gasteiger partial charge is 0.469 e. The second-order valence-electron chi connectivity index (χ2n) is 3.13. The number of nitrogens with zero attached hydrogens (tertiary/aromatic N) is 1. The molecule has 0 aromatic carbocycles. The molecule has 1 heterocycles. The first-order valence-corrected chi connectivity index (χ1v) is 5.21. The van der Waals surface area contributed by atoms with E-state index < -0.39 is 0 Å². The number of esters is 1. The molecule has 0 aliphatic heterocycles. The molecule has 13 heavy (non-hydrogen) atoms. The summed E-state index contributed by atoms with van der Waals surface area (Å²) in [5.74, 6) is -0.175. The van der Waals surface area contributed by atoms with Crippen molar-refractivity contribution >= 4 is 17.3 Å². The number of aryl methyl sites for hydroxylation is 1. The minimum atomic E-state index is -0.120. The van der Waals surface area contributed by atoms with Crippen LogP contribution >= 0.6 is 11.3 Å². The van der Waals surface area contributed by atoms with E-state index in [0.29, 0.717) is 0 Å². The summed E-state index contributed by atoms with van der Waals surface area (Å²) in [5.41, 5.74) is 2.90. The highest BCUT2D eigenvalue weighted by Gasteiger charge is 2.29. The molecule has 1 atom stereocenters. The number of methoxy groups -OCH3 is 1. The molecule has 0 bridgehead atoms. The number of carbonyl (C=O) groups excluding carboxylic acids is 1. The van der Waals surface area contributed by atoms with Crippen molar-refractivity contribution < 1.29 is 9.53 Å². The van der Waals surface area contributed by atoms with Crippen LogP contribution in [0.15, 0.2) is 5.51 Å². The third-order valence-electron chi connectivity index (χ3n) is 2.38. The Labute approximate surface area is 80.8 Å². The molecule has 0 fully saturated rings. The maximum atomic E-state index is 11.4. The molecule has 0 saturated heterocycles. The van der Waals surface area contributed by atoms with Gasteiger partial charge in [0.15, 0.2) is 0 Å². The van der Waals surface area contributed by atoms with Gasteiger partial charge in [0.2, 0.25) is 0 Å². The Bertz CT molecular complexity index is 321. The van der Waals surface area contributed by atoms with E-state index in [9.17, 15) is 4.79 Å². The molecule has 1 aliphatic carbocycles. The van der Waals surface area contributed by atoms with Gasteiger partial charge in [-0.15, -0.1) is 11.3 Å². The van der Waals surface area contributed by atoms with E-state index in [-0.39, 0.29) is 11.9 Å². The normalized spacial score (nSPS) is 20.8. The SMILES string of the molecule is COC(=O)[C@@H]1CCCc2ncsc21. The zero-order valence-electron chi connectivity index (χ0n) is 7.45. The van der Waals surface area contributed by atoms with Crippen LogP contribution in [0.1, 0.15) is 29.3 Å². The van der Waals surface area contributed by atoms with Crippen molar-refractivity contribution in [1.82, 2.24) is 4.98 Å². The average molecular weight is 197 g/mol.